The lowest BCUT2D eigenvalue weighted by Crippen LogP contribution is -2.45. The predicted octanol–water partition coefficient (Wildman–Crippen LogP) is 3.14. The van der Waals surface area contributed by atoms with Gasteiger partial charge in [0.2, 0.25) is 11.8 Å². The largest absolute Gasteiger partial charge is 0.372 e. The van der Waals surface area contributed by atoms with Crippen molar-refractivity contribution < 1.29 is 9.59 Å². The fourth-order valence-corrected chi connectivity index (χ4v) is 4.00. The standard InChI is InChI=1S/C20H19N5O2S/c1-12(19(27)25-11-17(26)22-15-9-5-6-10-16(15)25)28-20-23-14-8-4-3-7-13(14)18(21-2)24-20/h3-10,12H,11H2,1-2H3,(H,22,26)(H,21,23,24)/t12-/m1/s1. The van der Waals surface area contributed by atoms with Crippen molar-refractivity contribution >= 4 is 51.7 Å². The highest BCUT2D eigenvalue weighted by Gasteiger charge is 2.30. The van der Waals surface area contributed by atoms with Crippen LogP contribution in [0.5, 0.6) is 0 Å². The zero-order valence-electron chi connectivity index (χ0n) is 15.5. The number of aromatic nitrogens is 2. The van der Waals surface area contributed by atoms with E-state index in [1.165, 1.54) is 16.7 Å². The second-order valence-electron chi connectivity index (χ2n) is 6.37. The van der Waals surface area contributed by atoms with E-state index in [-0.39, 0.29) is 18.4 Å². The number of carbonyl (C=O) groups excluding carboxylic acids is 2. The molecule has 0 unspecified atom stereocenters. The Kier molecular flexibility index (Phi) is 4.87. The van der Waals surface area contributed by atoms with Gasteiger partial charge in [-0.05, 0) is 31.2 Å². The second kappa shape index (κ2) is 7.47. The minimum Gasteiger partial charge on any atom is -0.372 e. The summed E-state index contributed by atoms with van der Waals surface area (Å²) in [5, 5.41) is 6.86. The average molecular weight is 393 g/mol. The summed E-state index contributed by atoms with van der Waals surface area (Å²) in [5.41, 5.74) is 2.16. The molecule has 1 aliphatic rings. The molecule has 2 N–H and O–H groups in total. The topological polar surface area (TPSA) is 87.2 Å². The predicted molar refractivity (Wildman–Crippen MR) is 112 cm³/mol. The van der Waals surface area contributed by atoms with Crippen LogP contribution < -0.4 is 15.5 Å². The summed E-state index contributed by atoms with van der Waals surface area (Å²) in [4.78, 5) is 35.7. The van der Waals surface area contributed by atoms with E-state index in [4.69, 9.17) is 0 Å². The van der Waals surface area contributed by atoms with Crippen LogP contribution in [0, 0.1) is 0 Å². The Morgan fingerprint density at radius 2 is 1.93 bits per heavy atom. The van der Waals surface area contributed by atoms with E-state index < -0.39 is 5.25 Å². The molecule has 4 rings (SSSR count). The maximum Gasteiger partial charge on any atom is 0.244 e. The number of carbonyl (C=O) groups is 2. The number of nitrogens with one attached hydrogen (secondary N) is 2. The average Bonchev–Trinajstić information content (AvgIpc) is 2.71. The Morgan fingerprint density at radius 1 is 1.18 bits per heavy atom. The lowest BCUT2D eigenvalue weighted by atomic mass is 10.2. The number of benzene rings is 2. The van der Waals surface area contributed by atoms with Crippen molar-refractivity contribution in [3.8, 4) is 0 Å². The van der Waals surface area contributed by atoms with Crippen molar-refractivity contribution in [3.05, 3.63) is 48.5 Å². The molecule has 0 saturated carbocycles. The lowest BCUT2D eigenvalue weighted by molar-refractivity contribution is -0.121. The van der Waals surface area contributed by atoms with E-state index in [9.17, 15) is 9.59 Å². The smallest absolute Gasteiger partial charge is 0.244 e. The summed E-state index contributed by atoms with van der Waals surface area (Å²) in [5.74, 6) is 0.356. The highest BCUT2D eigenvalue weighted by atomic mass is 32.2. The van der Waals surface area contributed by atoms with Gasteiger partial charge in [-0.3, -0.25) is 14.5 Å². The van der Waals surface area contributed by atoms with Crippen molar-refractivity contribution in [3.63, 3.8) is 0 Å². The molecule has 0 aliphatic carbocycles. The number of hydrogen-bond acceptors (Lipinski definition) is 6. The molecular weight excluding hydrogens is 374 g/mol. The first kappa shape index (κ1) is 18.2. The number of anilines is 3. The van der Waals surface area contributed by atoms with E-state index in [0.29, 0.717) is 16.5 Å². The molecule has 1 aliphatic heterocycles. The number of para-hydroxylation sites is 3. The Labute approximate surface area is 166 Å². The van der Waals surface area contributed by atoms with Crippen molar-refractivity contribution in [2.75, 3.05) is 29.1 Å². The van der Waals surface area contributed by atoms with E-state index in [1.807, 2.05) is 42.5 Å². The molecule has 28 heavy (non-hydrogen) atoms. The SMILES string of the molecule is CNc1nc(S[C@H](C)C(=O)N2CC(=O)Nc3ccccc32)nc2ccccc12. The minimum absolute atomic E-state index is 0.00108. The fraction of sp³-hybridized carbons (Fsp3) is 0.200. The third-order valence-corrected chi connectivity index (χ3v) is 5.43. The molecule has 3 aromatic rings. The minimum atomic E-state index is -0.454. The third-order valence-electron chi connectivity index (χ3n) is 4.49. The summed E-state index contributed by atoms with van der Waals surface area (Å²) in [6.07, 6.45) is 0. The Balaban J connectivity index is 1.61. The number of hydrogen-bond donors (Lipinski definition) is 2. The molecule has 1 atom stereocenters. The zero-order valence-corrected chi connectivity index (χ0v) is 16.3. The maximum atomic E-state index is 13.1. The monoisotopic (exact) mass is 393 g/mol. The lowest BCUT2D eigenvalue weighted by Gasteiger charge is -2.30. The first-order valence-electron chi connectivity index (χ1n) is 8.88. The second-order valence-corrected chi connectivity index (χ2v) is 7.68. The highest BCUT2D eigenvalue weighted by Crippen LogP contribution is 2.32. The van der Waals surface area contributed by atoms with Crippen molar-refractivity contribution in [2.24, 2.45) is 0 Å². The summed E-state index contributed by atoms with van der Waals surface area (Å²) in [6, 6.07) is 15.0. The first-order valence-corrected chi connectivity index (χ1v) is 9.76. The van der Waals surface area contributed by atoms with Gasteiger partial charge in [0.25, 0.3) is 0 Å². The first-order chi connectivity index (χ1) is 13.6. The van der Waals surface area contributed by atoms with E-state index in [2.05, 4.69) is 20.6 Å². The Morgan fingerprint density at radius 3 is 2.75 bits per heavy atom. The molecule has 0 fully saturated rings. The van der Waals surface area contributed by atoms with Crippen LogP contribution in [0.25, 0.3) is 10.9 Å². The number of amides is 2. The Bertz CT molecular complexity index is 1070. The van der Waals surface area contributed by atoms with Crippen LogP contribution in [0.4, 0.5) is 17.2 Å². The molecule has 0 saturated heterocycles. The number of thioether (sulfide) groups is 1. The van der Waals surface area contributed by atoms with Crippen LogP contribution in [0.15, 0.2) is 53.7 Å². The molecule has 1 aromatic heterocycles. The molecule has 0 bridgehead atoms. The summed E-state index contributed by atoms with van der Waals surface area (Å²) in [7, 11) is 1.81. The summed E-state index contributed by atoms with van der Waals surface area (Å²) in [6.45, 7) is 1.81. The number of fused-ring (bicyclic) bond motifs is 2. The molecule has 2 aromatic carbocycles. The third kappa shape index (κ3) is 3.38. The number of rotatable bonds is 4. The van der Waals surface area contributed by atoms with Gasteiger partial charge in [-0.1, -0.05) is 36.0 Å². The normalized spacial score (nSPS) is 14.4. The van der Waals surface area contributed by atoms with Gasteiger partial charge in [0.05, 0.1) is 22.1 Å². The summed E-state index contributed by atoms with van der Waals surface area (Å²) >= 11 is 1.28. The molecule has 8 heteroatoms. The van der Waals surface area contributed by atoms with Crippen LogP contribution in [0.2, 0.25) is 0 Å². The van der Waals surface area contributed by atoms with E-state index >= 15 is 0 Å². The molecule has 0 radical (unpaired) electrons. The van der Waals surface area contributed by atoms with E-state index in [1.54, 1.807) is 20.0 Å². The van der Waals surface area contributed by atoms with Crippen LogP contribution in [-0.4, -0.2) is 40.6 Å². The highest BCUT2D eigenvalue weighted by molar-refractivity contribution is 8.00. The Hall–Kier alpha value is -3.13. The van der Waals surface area contributed by atoms with Gasteiger partial charge >= 0.3 is 0 Å². The van der Waals surface area contributed by atoms with Gasteiger partial charge in [0, 0.05) is 12.4 Å². The van der Waals surface area contributed by atoms with Crippen LogP contribution in [0.3, 0.4) is 0 Å². The van der Waals surface area contributed by atoms with Crippen molar-refractivity contribution in [1.29, 1.82) is 0 Å². The van der Waals surface area contributed by atoms with Crippen LogP contribution in [0.1, 0.15) is 6.92 Å². The van der Waals surface area contributed by atoms with Gasteiger partial charge in [-0.2, -0.15) is 0 Å². The molecular formula is C20H19N5O2S. The molecule has 142 valence electrons. The van der Waals surface area contributed by atoms with Gasteiger partial charge in [-0.25, -0.2) is 9.97 Å². The fourth-order valence-electron chi connectivity index (χ4n) is 3.16. The molecule has 2 heterocycles. The van der Waals surface area contributed by atoms with E-state index in [0.717, 1.165) is 16.7 Å². The van der Waals surface area contributed by atoms with Gasteiger partial charge in [-0.15, -0.1) is 0 Å². The summed E-state index contributed by atoms with van der Waals surface area (Å²) < 4.78 is 0. The quantitative estimate of drug-likeness (QED) is 0.523. The molecule has 0 spiro atoms. The molecule has 7 nitrogen and oxygen atoms in total. The number of nitrogens with zero attached hydrogens (tertiary/aromatic N) is 3. The van der Waals surface area contributed by atoms with Crippen LogP contribution in [-0.2, 0) is 9.59 Å². The van der Waals surface area contributed by atoms with Crippen molar-refractivity contribution in [2.45, 2.75) is 17.3 Å². The zero-order chi connectivity index (χ0) is 19.7. The van der Waals surface area contributed by atoms with Gasteiger partial charge < -0.3 is 10.6 Å². The van der Waals surface area contributed by atoms with Gasteiger partial charge in [0.15, 0.2) is 5.16 Å². The molecule has 2 amide bonds. The van der Waals surface area contributed by atoms with Crippen molar-refractivity contribution in [1.82, 2.24) is 9.97 Å². The maximum absolute atomic E-state index is 13.1. The van der Waals surface area contributed by atoms with Gasteiger partial charge in [0.1, 0.15) is 12.4 Å². The van der Waals surface area contributed by atoms with Crippen LogP contribution >= 0.6 is 11.8 Å².